The van der Waals surface area contributed by atoms with Crippen LogP contribution in [0.2, 0.25) is 0 Å². The number of nitrogens with zero attached hydrogens (tertiary/aromatic N) is 2. The summed E-state index contributed by atoms with van der Waals surface area (Å²) >= 11 is 0. The molecule has 8 nitrogen and oxygen atoms in total. The molecule has 1 amide bonds. The highest BCUT2D eigenvalue weighted by molar-refractivity contribution is 5.94. The topological polar surface area (TPSA) is 103 Å². The van der Waals surface area contributed by atoms with Gasteiger partial charge < -0.3 is 19.9 Å². The molecule has 2 aliphatic rings. The van der Waals surface area contributed by atoms with Crippen molar-refractivity contribution in [3.63, 3.8) is 0 Å². The molecule has 2 aromatic rings. The lowest BCUT2D eigenvalue weighted by Gasteiger charge is -2.34. The predicted octanol–water partition coefficient (Wildman–Crippen LogP) is 0.664. The van der Waals surface area contributed by atoms with Gasteiger partial charge in [-0.3, -0.25) is 14.2 Å². The van der Waals surface area contributed by atoms with Crippen molar-refractivity contribution in [2.24, 2.45) is 0 Å². The molecule has 1 aromatic carbocycles. The zero-order valence-corrected chi connectivity index (χ0v) is 14.4. The van der Waals surface area contributed by atoms with E-state index in [2.05, 4.69) is 10.3 Å². The zero-order chi connectivity index (χ0) is 19.0. The van der Waals surface area contributed by atoms with Gasteiger partial charge >= 0.3 is 0 Å². The Labute approximate surface area is 153 Å². The number of amides is 1. The van der Waals surface area contributed by atoms with Crippen molar-refractivity contribution in [2.45, 2.75) is 25.1 Å². The van der Waals surface area contributed by atoms with E-state index in [1.165, 1.54) is 28.8 Å². The van der Waals surface area contributed by atoms with Gasteiger partial charge in [0.05, 0.1) is 26.4 Å². The summed E-state index contributed by atoms with van der Waals surface area (Å²) in [4.78, 5) is 29.3. The van der Waals surface area contributed by atoms with E-state index in [-0.39, 0.29) is 31.2 Å². The van der Waals surface area contributed by atoms with Crippen LogP contribution in [0, 0.1) is 5.82 Å². The van der Waals surface area contributed by atoms with Crippen LogP contribution in [0.15, 0.2) is 29.1 Å². The molecule has 4 rings (SSSR count). The molecule has 0 bridgehead atoms. The number of carbonyl (C=O) groups excluding carboxylic acids is 1. The maximum atomic E-state index is 13.0. The normalized spacial score (nSPS) is 21.2. The Balaban J connectivity index is 1.64. The molecule has 27 heavy (non-hydrogen) atoms. The molecule has 2 N–H and O–H groups in total. The third kappa shape index (κ3) is 3.08. The first kappa shape index (κ1) is 17.6. The number of rotatable bonds is 3. The summed E-state index contributed by atoms with van der Waals surface area (Å²) in [5.74, 6) is -1.49. The van der Waals surface area contributed by atoms with Crippen LogP contribution >= 0.6 is 0 Å². The Bertz CT molecular complexity index is 935. The molecule has 1 fully saturated rings. The minimum absolute atomic E-state index is 0.101. The second-order valence-corrected chi connectivity index (χ2v) is 6.54. The van der Waals surface area contributed by atoms with E-state index in [1.54, 1.807) is 0 Å². The second-order valence-electron chi connectivity index (χ2n) is 6.54. The summed E-state index contributed by atoms with van der Waals surface area (Å²) in [7, 11) is 0. The average Bonchev–Trinajstić information content (AvgIpc) is 3.13. The lowest BCUT2D eigenvalue weighted by atomic mass is 10.00. The number of carbonyl (C=O) groups is 1. The highest BCUT2D eigenvalue weighted by atomic mass is 19.1. The predicted molar refractivity (Wildman–Crippen MR) is 90.8 cm³/mol. The standard InChI is InChI=1S/C18H18FN3O5/c19-12-3-1-11(2-4-12)9-20-15(24)13-14(23)16(25)22-6-8-27-18(17(22)21-13)5-7-26-10-18/h1-4,23H,5-10H2,(H,20,24). The molecule has 2 aliphatic heterocycles. The van der Waals surface area contributed by atoms with Crippen LogP contribution in [0.4, 0.5) is 4.39 Å². The number of ether oxygens (including phenoxy) is 2. The second kappa shape index (κ2) is 6.75. The van der Waals surface area contributed by atoms with Gasteiger partial charge in [-0.05, 0) is 17.7 Å². The molecular weight excluding hydrogens is 357 g/mol. The Morgan fingerprint density at radius 3 is 2.81 bits per heavy atom. The van der Waals surface area contributed by atoms with Crippen molar-refractivity contribution in [3.05, 3.63) is 57.5 Å². The smallest absolute Gasteiger partial charge is 0.296 e. The van der Waals surface area contributed by atoms with Crippen LogP contribution < -0.4 is 10.9 Å². The summed E-state index contributed by atoms with van der Waals surface area (Å²) in [6.45, 7) is 1.34. The summed E-state index contributed by atoms with van der Waals surface area (Å²) in [5.41, 5.74) is -1.24. The lowest BCUT2D eigenvalue weighted by molar-refractivity contribution is -0.0852. The zero-order valence-electron chi connectivity index (χ0n) is 14.4. The maximum absolute atomic E-state index is 13.0. The number of nitrogens with one attached hydrogen (secondary N) is 1. The fourth-order valence-electron chi connectivity index (χ4n) is 3.36. The Kier molecular flexibility index (Phi) is 4.40. The number of hydrogen-bond acceptors (Lipinski definition) is 6. The molecular formula is C18H18FN3O5. The lowest BCUT2D eigenvalue weighted by Crippen LogP contribution is -2.45. The molecule has 0 aliphatic carbocycles. The molecule has 0 saturated carbocycles. The third-order valence-corrected chi connectivity index (χ3v) is 4.81. The van der Waals surface area contributed by atoms with Gasteiger partial charge in [0.25, 0.3) is 11.5 Å². The first-order chi connectivity index (χ1) is 13.0. The van der Waals surface area contributed by atoms with Crippen LogP contribution in [0.25, 0.3) is 0 Å². The summed E-state index contributed by atoms with van der Waals surface area (Å²) in [6, 6.07) is 5.63. The summed E-state index contributed by atoms with van der Waals surface area (Å²) < 4.78 is 25.5. The molecule has 1 spiro atoms. The van der Waals surface area contributed by atoms with E-state index >= 15 is 0 Å². The van der Waals surface area contributed by atoms with Crippen LogP contribution in [0.5, 0.6) is 5.75 Å². The number of aromatic nitrogens is 2. The average molecular weight is 375 g/mol. The molecule has 0 radical (unpaired) electrons. The number of benzene rings is 1. The van der Waals surface area contributed by atoms with Gasteiger partial charge in [-0.15, -0.1) is 0 Å². The molecule has 9 heteroatoms. The van der Waals surface area contributed by atoms with Crippen molar-refractivity contribution < 1.29 is 23.8 Å². The quantitative estimate of drug-likeness (QED) is 0.817. The third-order valence-electron chi connectivity index (χ3n) is 4.81. The van der Waals surface area contributed by atoms with Crippen LogP contribution in [-0.2, 0) is 28.2 Å². The minimum Gasteiger partial charge on any atom is -0.501 e. The summed E-state index contributed by atoms with van der Waals surface area (Å²) in [5, 5.41) is 12.8. The van der Waals surface area contributed by atoms with Gasteiger partial charge in [-0.1, -0.05) is 12.1 Å². The molecule has 142 valence electrons. The highest BCUT2D eigenvalue weighted by Crippen LogP contribution is 2.35. The fourth-order valence-corrected chi connectivity index (χ4v) is 3.36. The fraction of sp³-hybridized carbons (Fsp3) is 0.389. The van der Waals surface area contributed by atoms with Crippen LogP contribution in [0.1, 0.15) is 28.3 Å². The molecule has 1 saturated heterocycles. The Hall–Kier alpha value is -2.78. The largest absolute Gasteiger partial charge is 0.501 e. The van der Waals surface area contributed by atoms with E-state index < -0.39 is 22.8 Å². The monoisotopic (exact) mass is 375 g/mol. The van der Waals surface area contributed by atoms with Crippen molar-refractivity contribution in [1.29, 1.82) is 0 Å². The van der Waals surface area contributed by atoms with Crippen molar-refractivity contribution in [3.8, 4) is 5.75 Å². The van der Waals surface area contributed by atoms with E-state index in [1.807, 2.05) is 0 Å². The van der Waals surface area contributed by atoms with Gasteiger partial charge in [0, 0.05) is 13.0 Å². The Morgan fingerprint density at radius 2 is 2.11 bits per heavy atom. The minimum atomic E-state index is -0.878. The van der Waals surface area contributed by atoms with Gasteiger partial charge in [0.15, 0.2) is 11.3 Å². The van der Waals surface area contributed by atoms with Gasteiger partial charge in [-0.2, -0.15) is 0 Å². The van der Waals surface area contributed by atoms with E-state index in [9.17, 15) is 19.1 Å². The highest BCUT2D eigenvalue weighted by Gasteiger charge is 2.45. The van der Waals surface area contributed by atoms with E-state index in [0.717, 1.165) is 0 Å². The van der Waals surface area contributed by atoms with Gasteiger partial charge in [0.1, 0.15) is 11.6 Å². The maximum Gasteiger partial charge on any atom is 0.296 e. The van der Waals surface area contributed by atoms with Gasteiger partial charge in [-0.25, -0.2) is 9.37 Å². The van der Waals surface area contributed by atoms with E-state index in [4.69, 9.17) is 9.47 Å². The summed E-state index contributed by atoms with van der Waals surface area (Å²) in [6.07, 6.45) is 0.515. The number of hydrogen-bond donors (Lipinski definition) is 2. The van der Waals surface area contributed by atoms with Crippen LogP contribution in [-0.4, -0.2) is 40.4 Å². The van der Waals surface area contributed by atoms with Crippen molar-refractivity contribution in [2.75, 3.05) is 19.8 Å². The van der Waals surface area contributed by atoms with Crippen molar-refractivity contribution >= 4 is 5.91 Å². The number of halogens is 1. The molecule has 1 atom stereocenters. The number of aromatic hydroxyl groups is 1. The SMILES string of the molecule is O=C(NCc1ccc(F)cc1)c1nc2n(c(=O)c1O)CCOC21CCOC1. The first-order valence-corrected chi connectivity index (χ1v) is 8.59. The van der Waals surface area contributed by atoms with Gasteiger partial charge in [0.2, 0.25) is 5.75 Å². The first-order valence-electron chi connectivity index (χ1n) is 8.59. The Morgan fingerprint density at radius 1 is 1.33 bits per heavy atom. The van der Waals surface area contributed by atoms with Crippen molar-refractivity contribution in [1.82, 2.24) is 14.9 Å². The van der Waals surface area contributed by atoms with Crippen LogP contribution in [0.3, 0.4) is 0 Å². The number of fused-ring (bicyclic) bond motifs is 2. The molecule has 1 aromatic heterocycles. The van der Waals surface area contributed by atoms with E-state index in [0.29, 0.717) is 31.0 Å². The molecule has 1 unspecified atom stereocenters. The molecule has 3 heterocycles.